The van der Waals surface area contributed by atoms with Crippen molar-refractivity contribution >= 4 is 17.9 Å². The summed E-state index contributed by atoms with van der Waals surface area (Å²) < 4.78 is 17.6. The van der Waals surface area contributed by atoms with E-state index in [-0.39, 0.29) is 52.8 Å². The molecule has 5 rings (SSSR count). The molecular formula is C26H34O6. The van der Waals surface area contributed by atoms with Crippen molar-refractivity contribution in [3.63, 3.8) is 0 Å². The summed E-state index contributed by atoms with van der Waals surface area (Å²) >= 11 is 0. The third-order valence-electron chi connectivity index (χ3n) is 9.51. The van der Waals surface area contributed by atoms with Gasteiger partial charge in [-0.15, -0.1) is 0 Å². The second kappa shape index (κ2) is 7.19. The first-order valence-electron chi connectivity index (χ1n) is 12.0. The van der Waals surface area contributed by atoms with Gasteiger partial charge in [-0.25, -0.2) is 0 Å². The molecule has 1 aliphatic heterocycles. The molecule has 0 aromatic rings. The van der Waals surface area contributed by atoms with Crippen LogP contribution in [0.2, 0.25) is 0 Å². The van der Waals surface area contributed by atoms with Crippen molar-refractivity contribution in [3.8, 4) is 0 Å². The number of ether oxygens (including phenoxy) is 3. The van der Waals surface area contributed by atoms with Crippen LogP contribution >= 0.6 is 0 Å². The summed E-state index contributed by atoms with van der Waals surface area (Å²) in [6, 6.07) is 0. The highest BCUT2D eigenvalue weighted by molar-refractivity contribution is 5.72. The Morgan fingerprint density at radius 3 is 2.47 bits per heavy atom. The van der Waals surface area contributed by atoms with Crippen LogP contribution < -0.4 is 0 Å². The Balaban J connectivity index is 1.56. The lowest BCUT2D eigenvalue weighted by molar-refractivity contribution is -0.190. The van der Waals surface area contributed by atoms with Crippen LogP contribution in [0.15, 0.2) is 23.8 Å². The molecule has 3 fully saturated rings. The Morgan fingerprint density at radius 2 is 1.81 bits per heavy atom. The Labute approximate surface area is 189 Å². The Morgan fingerprint density at radius 1 is 1.06 bits per heavy atom. The molecular weight excluding hydrogens is 408 g/mol. The second-order valence-electron chi connectivity index (χ2n) is 11.1. The molecule has 3 unspecified atom stereocenters. The van der Waals surface area contributed by atoms with Crippen LogP contribution in [0.1, 0.15) is 72.6 Å². The van der Waals surface area contributed by atoms with Gasteiger partial charge >= 0.3 is 17.9 Å². The molecule has 6 nitrogen and oxygen atoms in total. The van der Waals surface area contributed by atoms with Crippen molar-refractivity contribution in [2.75, 3.05) is 0 Å². The molecule has 0 aromatic carbocycles. The van der Waals surface area contributed by atoms with Gasteiger partial charge in [0.15, 0.2) is 0 Å². The molecule has 1 heterocycles. The summed E-state index contributed by atoms with van der Waals surface area (Å²) in [5.74, 6) is 0.171. The molecule has 1 saturated heterocycles. The first kappa shape index (κ1) is 21.7. The highest BCUT2D eigenvalue weighted by Gasteiger charge is 2.69. The van der Waals surface area contributed by atoms with Crippen LogP contribution in [0.25, 0.3) is 0 Å². The molecule has 0 radical (unpaired) electrons. The lowest BCUT2D eigenvalue weighted by atomic mass is 9.47. The van der Waals surface area contributed by atoms with Crippen molar-refractivity contribution in [1.82, 2.24) is 0 Å². The lowest BCUT2D eigenvalue weighted by Gasteiger charge is -2.59. The minimum Gasteiger partial charge on any atom is -0.462 e. The molecule has 4 aliphatic carbocycles. The van der Waals surface area contributed by atoms with Gasteiger partial charge < -0.3 is 14.2 Å². The summed E-state index contributed by atoms with van der Waals surface area (Å²) in [6.07, 6.45) is 11.7. The van der Waals surface area contributed by atoms with Gasteiger partial charge in [-0.3, -0.25) is 14.4 Å². The fourth-order valence-corrected chi connectivity index (χ4v) is 8.13. The van der Waals surface area contributed by atoms with Gasteiger partial charge in [-0.1, -0.05) is 26.0 Å². The van der Waals surface area contributed by atoms with Crippen molar-refractivity contribution in [2.45, 2.75) is 90.4 Å². The monoisotopic (exact) mass is 442 g/mol. The smallest absolute Gasteiger partial charge is 0.306 e. The maximum atomic E-state index is 12.2. The van der Waals surface area contributed by atoms with Crippen LogP contribution in [0.5, 0.6) is 0 Å². The van der Waals surface area contributed by atoms with E-state index in [1.807, 2.05) is 0 Å². The molecule has 0 N–H and O–H groups in total. The molecule has 8 atom stereocenters. The maximum Gasteiger partial charge on any atom is 0.306 e. The number of rotatable bonds is 2. The predicted molar refractivity (Wildman–Crippen MR) is 116 cm³/mol. The third kappa shape index (κ3) is 3.01. The van der Waals surface area contributed by atoms with Crippen LogP contribution in [-0.4, -0.2) is 35.7 Å². The minimum atomic E-state index is -0.435. The van der Waals surface area contributed by atoms with Crippen molar-refractivity contribution < 1.29 is 28.6 Å². The fraction of sp³-hybridized carbons (Fsp3) is 0.731. The van der Waals surface area contributed by atoms with Gasteiger partial charge in [0, 0.05) is 31.6 Å². The maximum absolute atomic E-state index is 12.2. The van der Waals surface area contributed by atoms with Gasteiger partial charge in [-0.2, -0.15) is 0 Å². The van der Waals surface area contributed by atoms with Crippen LogP contribution in [0.4, 0.5) is 0 Å². The third-order valence-corrected chi connectivity index (χ3v) is 9.51. The molecule has 5 aliphatic rings. The number of esters is 3. The van der Waals surface area contributed by atoms with Gasteiger partial charge in [0.05, 0.1) is 0 Å². The first-order chi connectivity index (χ1) is 15.1. The summed E-state index contributed by atoms with van der Waals surface area (Å²) in [6.45, 7) is 7.47. The average Bonchev–Trinajstić information content (AvgIpc) is 3.21. The summed E-state index contributed by atoms with van der Waals surface area (Å²) in [5, 5.41) is 0. The number of allylic oxidation sites excluding steroid dienone is 3. The Bertz CT molecular complexity index is 919. The normalized spacial score (nSPS) is 46.6. The quantitative estimate of drug-likeness (QED) is 0.469. The highest BCUT2D eigenvalue weighted by Crippen LogP contribution is 2.69. The molecule has 0 aromatic heterocycles. The minimum absolute atomic E-state index is 0.0989. The number of hydrogen-bond donors (Lipinski definition) is 0. The van der Waals surface area contributed by atoms with Crippen LogP contribution in [-0.2, 0) is 28.6 Å². The van der Waals surface area contributed by atoms with Gasteiger partial charge in [0.1, 0.15) is 17.8 Å². The van der Waals surface area contributed by atoms with E-state index in [2.05, 4.69) is 32.1 Å². The van der Waals surface area contributed by atoms with Crippen LogP contribution in [0.3, 0.4) is 0 Å². The standard InChI is InChI=1S/C26H34O6/c1-15(27)30-18-7-10-24(3)17(13-18)5-6-19-20-8-11-26(12-9-22(29)32-26)25(20,4)14-21(23(19)24)31-16(2)28/h5-6,13,18-21,23H,7-12,14H2,1-4H3/t18-,19?,20?,21+,23?,24-,25-,26+/m0/s1. The van der Waals surface area contributed by atoms with E-state index in [1.54, 1.807) is 0 Å². The first-order valence-corrected chi connectivity index (χ1v) is 12.0. The number of carbonyl (C=O) groups is 3. The molecule has 0 bridgehead atoms. The van der Waals surface area contributed by atoms with Crippen molar-refractivity contribution in [2.24, 2.45) is 28.6 Å². The SMILES string of the molecule is CC(=O)O[C@@H]1C=C2C=CC3C([C@H](OC(C)=O)C[C@@]4(C)C3CC[C@@]43CCC(=O)O3)[C@@]2(C)CC1. The van der Waals surface area contributed by atoms with E-state index in [0.717, 1.165) is 38.5 Å². The number of fused-ring (bicyclic) bond motifs is 6. The largest absolute Gasteiger partial charge is 0.462 e. The Kier molecular flexibility index (Phi) is 4.88. The molecule has 1 spiro atoms. The van der Waals surface area contributed by atoms with E-state index >= 15 is 0 Å². The zero-order chi connectivity index (χ0) is 22.9. The molecule has 2 saturated carbocycles. The van der Waals surface area contributed by atoms with Crippen LogP contribution in [0, 0.1) is 28.6 Å². The second-order valence-corrected chi connectivity index (χ2v) is 11.1. The van der Waals surface area contributed by atoms with Gasteiger partial charge in [0.2, 0.25) is 0 Å². The fourth-order valence-electron chi connectivity index (χ4n) is 8.13. The zero-order valence-electron chi connectivity index (χ0n) is 19.5. The molecule has 174 valence electrons. The lowest BCUT2D eigenvalue weighted by Crippen LogP contribution is -2.59. The van der Waals surface area contributed by atoms with E-state index in [0.29, 0.717) is 12.3 Å². The highest BCUT2D eigenvalue weighted by atomic mass is 16.6. The van der Waals surface area contributed by atoms with E-state index in [1.165, 1.54) is 19.4 Å². The molecule has 6 heteroatoms. The van der Waals surface area contributed by atoms with Gasteiger partial charge in [-0.05, 0) is 67.4 Å². The topological polar surface area (TPSA) is 78.9 Å². The Hall–Kier alpha value is -2.11. The predicted octanol–water partition coefficient (Wildman–Crippen LogP) is 4.27. The van der Waals surface area contributed by atoms with Crippen molar-refractivity contribution in [3.05, 3.63) is 23.8 Å². The zero-order valence-corrected chi connectivity index (χ0v) is 19.5. The number of carbonyl (C=O) groups excluding carboxylic acids is 3. The molecule has 32 heavy (non-hydrogen) atoms. The average molecular weight is 443 g/mol. The summed E-state index contributed by atoms with van der Waals surface area (Å²) in [4.78, 5) is 35.8. The van der Waals surface area contributed by atoms with E-state index in [9.17, 15) is 14.4 Å². The summed E-state index contributed by atoms with van der Waals surface area (Å²) in [7, 11) is 0. The van der Waals surface area contributed by atoms with E-state index in [4.69, 9.17) is 14.2 Å². The number of hydrogen-bond acceptors (Lipinski definition) is 6. The van der Waals surface area contributed by atoms with E-state index < -0.39 is 5.60 Å². The molecule has 0 amide bonds. The van der Waals surface area contributed by atoms with Gasteiger partial charge in [0.25, 0.3) is 0 Å². The van der Waals surface area contributed by atoms with Crippen molar-refractivity contribution in [1.29, 1.82) is 0 Å². The summed E-state index contributed by atoms with van der Waals surface area (Å²) in [5.41, 5.74) is 0.379.